The first-order valence-electron chi connectivity index (χ1n) is 7.68. The Kier molecular flexibility index (Phi) is 5.12. The molecule has 0 spiro atoms. The first-order chi connectivity index (χ1) is 12.2. The van der Waals surface area contributed by atoms with Crippen LogP contribution in [0.1, 0.15) is 11.1 Å². The number of hydrogen-bond acceptors (Lipinski definition) is 5. The topological polar surface area (TPSA) is 75.1 Å². The quantitative estimate of drug-likeness (QED) is 0.712. The van der Waals surface area contributed by atoms with Gasteiger partial charge >= 0.3 is 0 Å². The second-order valence-electron chi connectivity index (χ2n) is 5.25. The molecule has 0 bridgehead atoms. The number of rotatable bonds is 4. The molecule has 1 aromatic heterocycles. The Morgan fingerprint density at radius 1 is 1.08 bits per heavy atom. The van der Waals surface area contributed by atoms with E-state index in [0.717, 1.165) is 16.0 Å². The van der Waals surface area contributed by atoms with Crippen molar-refractivity contribution in [3.63, 3.8) is 0 Å². The van der Waals surface area contributed by atoms with E-state index < -0.39 is 0 Å². The number of nitrogens with two attached hydrogens (primary N) is 1. The fourth-order valence-corrected chi connectivity index (χ4v) is 3.45. The Labute approximate surface area is 151 Å². The van der Waals surface area contributed by atoms with Crippen molar-refractivity contribution < 1.29 is 0 Å². The molecular weight excluding hydrogens is 328 g/mol. The van der Waals surface area contributed by atoms with Gasteiger partial charge in [-0.05, 0) is 17.7 Å². The molecule has 2 N–H and O–H groups in total. The summed E-state index contributed by atoms with van der Waals surface area (Å²) in [6.07, 6.45) is 1.66. The van der Waals surface area contributed by atoms with Gasteiger partial charge in [0, 0.05) is 29.3 Å². The maximum atomic E-state index is 9.83. The van der Waals surface area contributed by atoms with Gasteiger partial charge in [-0.3, -0.25) is 4.99 Å². The molecule has 0 aliphatic heterocycles. The monoisotopic (exact) mass is 344 g/mol. The molecule has 1 heterocycles. The van der Waals surface area contributed by atoms with Crippen LogP contribution in [0, 0.1) is 11.3 Å². The Morgan fingerprint density at radius 3 is 2.32 bits per heavy atom. The molecule has 3 rings (SSSR count). The summed E-state index contributed by atoms with van der Waals surface area (Å²) in [5.74, 6) is 0.363. The number of hydrogen-bond donors (Lipinski definition) is 1. The van der Waals surface area contributed by atoms with Crippen LogP contribution in [-0.2, 0) is 0 Å². The largest absolute Gasteiger partial charge is 0.383 e. The molecular formula is C20H16N4S. The standard InChI is InChI=1S/C20H16N4S/c1-23-13-17-18(14-8-4-2-5-9-14)16(12-21)20(24-19(17)22)25-15-10-6-3-7-11-15/h2-11,13H,1H3,(H2,22,24). The highest BCUT2D eigenvalue weighted by Gasteiger charge is 2.19. The van der Waals surface area contributed by atoms with Crippen LogP contribution in [0.25, 0.3) is 11.1 Å². The third-order valence-electron chi connectivity index (χ3n) is 3.62. The van der Waals surface area contributed by atoms with E-state index in [1.54, 1.807) is 13.3 Å². The molecule has 2 aromatic carbocycles. The highest BCUT2D eigenvalue weighted by Crippen LogP contribution is 2.37. The minimum absolute atomic E-state index is 0.363. The molecule has 3 aromatic rings. The van der Waals surface area contributed by atoms with Gasteiger partial charge in [0.1, 0.15) is 16.9 Å². The van der Waals surface area contributed by atoms with Crippen LogP contribution in [0.3, 0.4) is 0 Å². The fraction of sp³-hybridized carbons (Fsp3) is 0.0500. The average molecular weight is 344 g/mol. The number of pyridine rings is 1. The van der Waals surface area contributed by atoms with E-state index in [0.29, 0.717) is 22.0 Å². The highest BCUT2D eigenvalue weighted by molar-refractivity contribution is 7.99. The molecule has 0 aliphatic rings. The van der Waals surface area contributed by atoms with Crippen molar-refractivity contribution in [3.05, 3.63) is 71.8 Å². The van der Waals surface area contributed by atoms with Gasteiger partial charge in [-0.2, -0.15) is 5.26 Å². The van der Waals surface area contributed by atoms with Crippen molar-refractivity contribution in [1.29, 1.82) is 5.26 Å². The van der Waals surface area contributed by atoms with Crippen molar-refractivity contribution in [2.24, 2.45) is 4.99 Å². The lowest BCUT2D eigenvalue weighted by Crippen LogP contribution is -2.05. The van der Waals surface area contributed by atoms with Crippen LogP contribution < -0.4 is 5.73 Å². The van der Waals surface area contributed by atoms with E-state index in [9.17, 15) is 5.26 Å². The molecule has 0 saturated heterocycles. The summed E-state index contributed by atoms with van der Waals surface area (Å²) in [4.78, 5) is 9.55. The summed E-state index contributed by atoms with van der Waals surface area (Å²) in [7, 11) is 1.67. The molecule has 25 heavy (non-hydrogen) atoms. The molecule has 0 saturated carbocycles. The zero-order valence-electron chi connectivity index (χ0n) is 13.7. The second-order valence-corrected chi connectivity index (χ2v) is 6.31. The van der Waals surface area contributed by atoms with Crippen molar-refractivity contribution >= 4 is 23.8 Å². The number of benzene rings is 2. The lowest BCUT2D eigenvalue weighted by atomic mass is 9.97. The molecule has 0 unspecified atom stereocenters. The van der Waals surface area contributed by atoms with E-state index in [4.69, 9.17) is 5.73 Å². The Morgan fingerprint density at radius 2 is 1.72 bits per heavy atom. The predicted molar refractivity (Wildman–Crippen MR) is 103 cm³/mol. The average Bonchev–Trinajstić information content (AvgIpc) is 2.65. The van der Waals surface area contributed by atoms with Gasteiger partial charge in [0.15, 0.2) is 0 Å². The summed E-state index contributed by atoms with van der Waals surface area (Å²) < 4.78 is 0. The molecule has 5 heteroatoms. The number of nitrogens with zero attached hydrogens (tertiary/aromatic N) is 3. The van der Waals surface area contributed by atoms with Gasteiger partial charge in [0.25, 0.3) is 0 Å². The highest BCUT2D eigenvalue weighted by atomic mass is 32.2. The maximum Gasteiger partial charge on any atom is 0.134 e. The zero-order valence-corrected chi connectivity index (χ0v) is 14.5. The smallest absolute Gasteiger partial charge is 0.134 e. The molecule has 4 nitrogen and oxygen atoms in total. The van der Waals surface area contributed by atoms with Crippen molar-refractivity contribution in [3.8, 4) is 17.2 Å². The van der Waals surface area contributed by atoms with Gasteiger partial charge in [0.05, 0.1) is 5.56 Å². The third kappa shape index (κ3) is 3.54. The summed E-state index contributed by atoms with van der Waals surface area (Å²) in [5.41, 5.74) is 9.05. The molecule has 0 fully saturated rings. The molecule has 0 radical (unpaired) electrons. The minimum atomic E-state index is 0.363. The van der Waals surface area contributed by atoms with Gasteiger partial charge in [-0.25, -0.2) is 4.98 Å². The Bertz CT molecular complexity index is 945. The van der Waals surface area contributed by atoms with Crippen molar-refractivity contribution in [2.75, 3.05) is 12.8 Å². The van der Waals surface area contributed by atoms with Crippen LogP contribution in [0.5, 0.6) is 0 Å². The van der Waals surface area contributed by atoms with E-state index in [-0.39, 0.29) is 0 Å². The van der Waals surface area contributed by atoms with Gasteiger partial charge in [-0.15, -0.1) is 0 Å². The maximum absolute atomic E-state index is 9.83. The van der Waals surface area contributed by atoms with Crippen LogP contribution in [0.4, 0.5) is 5.82 Å². The number of nitrogen functional groups attached to an aromatic ring is 1. The number of nitriles is 1. The lowest BCUT2D eigenvalue weighted by Gasteiger charge is -2.14. The summed E-state index contributed by atoms with van der Waals surface area (Å²) >= 11 is 1.43. The number of aromatic nitrogens is 1. The minimum Gasteiger partial charge on any atom is -0.383 e. The third-order valence-corrected chi connectivity index (χ3v) is 4.62. The van der Waals surface area contributed by atoms with Gasteiger partial charge in [0.2, 0.25) is 0 Å². The van der Waals surface area contributed by atoms with E-state index in [2.05, 4.69) is 16.0 Å². The number of anilines is 1. The van der Waals surface area contributed by atoms with Crippen molar-refractivity contribution in [2.45, 2.75) is 9.92 Å². The second kappa shape index (κ2) is 7.65. The van der Waals surface area contributed by atoms with E-state index >= 15 is 0 Å². The molecule has 0 amide bonds. The van der Waals surface area contributed by atoms with Gasteiger partial charge in [-0.1, -0.05) is 60.3 Å². The van der Waals surface area contributed by atoms with Crippen molar-refractivity contribution in [1.82, 2.24) is 4.98 Å². The summed E-state index contributed by atoms with van der Waals surface area (Å²) in [5, 5.41) is 10.4. The zero-order chi connectivity index (χ0) is 17.6. The van der Waals surface area contributed by atoms with Gasteiger partial charge < -0.3 is 5.73 Å². The fourth-order valence-electron chi connectivity index (χ4n) is 2.54. The molecule has 122 valence electrons. The van der Waals surface area contributed by atoms with Crippen LogP contribution >= 0.6 is 11.8 Å². The molecule has 0 atom stereocenters. The SMILES string of the molecule is CN=Cc1c(N)nc(Sc2ccccc2)c(C#N)c1-c1ccccc1. The Hall–Kier alpha value is -3.10. The van der Waals surface area contributed by atoms with Crippen LogP contribution in [0.2, 0.25) is 0 Å². The van der Waals surface area contributed by atoms with Crippen LogP contribution in [0.15, 0.2) is 75.6 Å². The number of aliphatic imine (C=N–C) groups is 1. The van der Waals surface area contributed by atoms with E-state index in [1.807, 2.05) is 60.7 Å². The van der Waals surface area contributed by atoms with Crippen LogP contribution in [-0.4, -0.2) is 18.2 Å². The summed E-state index contributed by atoms with van der Waals surface area (Å²) in [6.45, 7) is 0. The normalized spacial score (nSPS) is 10.7. The first-order valence-corrected chi connectivity index (χ1v) is 8.50. The molecule has 0 aliphatic carbocycles. The summed E-state index contributed by atoms with van der Waals surface area (Å²) in [6, 6.07) is 21.8. The lowest BCUT2D eigenvalue weighted by molar-refractivity contribution is 1.12. The predicted octanol–water partition coefficient (Wildman–Crippen LogP) is 4.40. The first kappa shape index (κ1) is 16.7. The Balaban J connectivity index is 2.25. The van der Waals surface area contributed by atoms with E-state index in [1.165, 1.54) is 11.8 Å².